The van der Waals surface area contributed by atoms with E-state index in [2.05, 4.69) is 201 Å². The first-order chi connectivity index (χ1) is 27.4. The Morgan fingerprint density at radius 1 is 0.500 bits per heavy atom. The maximum Gasteiger partial charge on any atom is 0.198 e. The van der Waals surface area contributed by atoms with Crippen molar-refractivity contribution in [2.24, 2.45) is 0 Å². The fraction of sp³-hybridized carbons (Fsp3) is 0.0943. The van der Waals surface area contributed by atoms with E-state index in [1.165, 1.54) is 105 Å². The molecule has 0 radical (unpaired) electrons. The Kier molecular flexibility index (Phi) is 6.37. The third-order valence-electron chi connectivity index (χ3n) is 13.5. The number of aromatic nitrogens is 1. The van der Waals surface area contributed by atoms with E-state index in [4.69, 9.17) is 0 Å². The molecule has 3 aliphatic heterocycles. The molecule has 0 amide bonds. The van der Waals surface area contributed by atoms with E-state index in [1.54, 1.807) is 0 Å². The molecule has 264 valence electrons. The van der Waals surface area contributed by atoms with Crippen LogP contribution in [0.4, 0.5) is 11.4 Å². The minimum absolute atomic E-state index is 0.130. The summed E-state index contributed by atoms with van der Waals surface area (Å²) in [6.45, 7) is 7.23. The van der Waals surface area contributed by atoms with Gasteiger partial charge >= 0.3 is 0 Å². The lowest BCUT2D eigenvalue weighted by atomic mass is 9.57. The minimum atomic E-state index is -0.351. The maximum atomic E-state index is 4.03. The molecule has 0 fully saturated rings. The highest BCUT2D eigenvalue weighted by molar-refractivity contribution is 6.73. The number of anilines is 2. The second-order valence-electron chi connectivity index (χ2n) is 16.6. The molecule has 0 saturated heterocycles. The van der Waals surface area contributed by atoms with Crippen molar-refractivity contribution in [1.82, 2.24) is 4.57 Å². The Morgan fingerprint density at radius 3 is 1.98 bits per heavy atom. The number of hydrogen-bond acceptors (Lipinski definition) is 1. The predicted molar refractivity (Wildman–Crippen MR) is 237 cm³/mol. The largest absolute Gasteiger partial charge is 0.354 e. The lowest BCUT2D eigenvalue weighted by molar-refractivity contribution is 0.631. The van der Waals surface area contributed by atoms with Crippen LogP contribution in [0.1, 0.15) is 48.6 Å². The summed E-state index contributed by atoms with van der Waals surface area (Å²) >= 11 is 0. The van der Waals surface area contributed by atoms with E-state index in [0.29, 0.717) is 0 Å². The van der Waals surface area contributed by atoms with Gasteiger partial charge in [-0.2, -0.15) is 0 Å². The molecule has 0 aliphatic carbocycles. The molecule has 1 atom stereocenters. The van der Waals surface area contributed by atoms with Crippen LogP contribution in [0.15, 0.2) is 170 Å². The lowest BCUT2D eigenvalue weighted by Crippen LogP contribution is -2.41. The maximum absolute atomic E-state index is 4.03. The zero-order valence-electron chi connectivity index (χ0n) is 31.8. The van der Waals surface area contributed by atoms with Crippen molar-refractivity contribution < 1.29 is 0 Å². The molecule has 4 heterocycles. The van der Waals surface area contributed by atoms with Crippen molar-refractivity contribution in [1.29, 1.82) is 0 Å². The van der Waals surface area contributed by atoms with Crippen LogP contribution < -0.4 is 16.2 Å². The van der Waals surface area contributed by atoms with Gasteiger partial charge in [0.2, 0.25) is 0 Å². The van der Waals surface area contributed by atoms with Gasteiger partial charge in [0.1, 0.15) is 0 Å². The quantitative estimate of drug-likeness (QED) is 0.180. The molecular formula is C53H39BN2. The van der Waals surface area contributed by atoms with Gasteiger partial charge in [-0.15, -0.1) is 0 Å². The van der Waals surface area contributed by atoms with Gasteiger partial charge in [-0.05, 0) is 80.2 Å². The highest BCUT2D eigenvalue weighted by Gasteiger charge is 2.42. The molecule has 1 N–H and O–H groups in total. The van der Waals surface area contributed by atoms with E-state index in [0.717, 1.165) is 13.0 Å². The van der Waals surface area contributed by atoms with Gasteiger partial charge in [-0.3, -0.25) is 0 Å². The molecule has 1 aromatic heterocycles. The number of fused-ring (bicyclic) bond motifs is 3. The van der Waals surface area contributed by atoms with E-state index in [9.17, 15) is 0 Å². The fourth-order valence-electron chi connectivity index (χ4n) is 10.8. The first-order valence-electron chi connectivity index (χ1n) is 19.9. The number of benzene rings is 8. The standard InChI is InChI=1S/C53H39BN2/c1-52(2)42-27-15-24-37-46-38(35-22-11-10-21-34(35)32-17-6-4-7-18-32)31-39(47-51(46)56(49(37)42)50-43(52)28-16-29-44(50)54-47)36-23-14-26-41-48(36)55-45-30-13-12-25-40(45)53(41,3)33-19-8-5-9-20-33/h4-31,54-55H,1-3H3. The van der Waals surface area contributed by atoms with Crippen molar-refractivity contribution in [3.05, 3.63) is 198 Å². The molecule has 0 saturated carbocycles. The van der Waals surface area contributed by atoms with Gasteiger partial charge in [-0.1, -0.05) is 177 Å². The minimum Gasteiger partial charge on any atom is -0.354 e. The topological polar surface area (TPSA) is 17.0 Å². The molecule has 12 rings (SSSR count). The number of hydrogen-bond donors (Lipinski definition) is 1. The monoisotopic (exact) mass is 714 g/mol. The Labute approximate surface area is 328 Å². The summed E-state index contributed by atoms with van der Waals surface area (Å²) in [4.78, 5) is 0. The third kappa shape index (κ3) is 4.02. The van der Waals surface area contributed by atoms with Gasteiger partial charge in [0.15, 0.2) is 7.28 Å². The van der Waals surface area contributed by atoms with Gasteiger partial charge in [-0.25, -0.2) is 0 Å². The van der Waals surface area contributed by atoms with E-state index in [-0.39, 0.29) is 10.8 Å². The average Bonchev–Trinajstić information content (AvgIpc) is 3.60. The second kappa shape index (κ2) is 11.2. The second-order valence-corrected chi connectivity index (χ2v) is 16.6. The molecule has 3 aliphatic rings. The molecule has 9 aromatic rings. The highest BCUT2D eigenvalue weighted by Crippen LogP contribution is 2.54. The van der Waals surface area contributed by atoms with Crippen molar-refractivity contribution in [2.75, 3.05) is 5.32 Å². The summed E-state index contributed by atoms with van der Waals surface area (Å²) < 4.78 is 2.67. The molecule has 0 spiro atoms. The number of nitrogens with one attached hydrogen (secondary N) is 1. The van der Waals surface area contributed by atoms with E-state index < -0.39 is 0 Å². The summed E-state index contributed by atoms with van der Waals surface area (Å²) in [6.07, 6.45) is 0. The predicted octanol–water partition coefficient (Wildman–Crippen LogP) is 11.5. The number of para-hydroxylation sites is 4. The molecule has 1 unspecified atom stereocenters. The molecule has 8 aromatic carbocycles. The molecular weight excluding hydrogens is 675 g/mol. The first-order valence-corrected chi connectivity index (χ1v) is 19.9. The SMILES string of the molecule is CC1(C)c2cccc3c2-n2c4c1cccc4c1c(-c4ccccc4-c4ccccc4)cc(-c4cccc5c4Nc4ccccc4C5(C)c4ccccc4)c(c12)B3. The smallest absolute Gasteiger partial charge is 0.198 e. The van der Waals surface area contributed by atoms with Crippen LogP contribution in [-0.2, 0) is 10.8 Å². The number of rotatable bonds is 4. The highest BCUT2D eigenvalue weighted by atomic mass is 15.0. The third-order valence-corrected chi connectivity index (χ3v) is 13.5. The van der Waals surface area contributed by atoms with Crippen LogP contribution in [0.2, 0.25) is 0 Å². The summed E-state index contributed by atoms with van der Waals surface area (Å²) in [6, 6.07) is 63.4. The van der Waals surface area contributed by atoms with Gasteiger partial charge < -0.3 is 9.88 Å². The Bertz CT molecular complexity index is 3120. The summed E-state index contributed by atoms with van der Waals surface area (Å²) in [5.74, 6) is 0. The van der Waals surface area contributed by atoms with Crippen LogP contribution >= 0.6 is 0 Å². The van der Waals surface area contributed by atoms with Gasteiger partial charge in [0.05, 0.1) is 11.2 Å². The van der Waals surface area contributed by atoms with Gasteiger partial charge in [0.25, 0.3) is 0 Å². The summed E-state index contributed by atoms with van der Waals surface area (Å²) in [5.41, 5.74) is 22.9. The van der Waals surface area contributed by atoms with Crippen molar-refractivity contribution >= 4 is 51.4 Å². The van der Waals surface area contributed by atoms with Crippen molar-refractivity contribution in [3.8, 4) is 39.1 Å². The Morgan fingerprint density at radius 2 is 1.14 bits per heavy atom. The summed E-state index contributed by atoms with van der Waals surface area (Å²) in [5, 5.41) is 6.71. The number of nitrogens with zero attached hydrogens (tertiary/aromatic N) is 1. The van der Waals surface area contributed by atoms with Crippen molar-refractivity contribution in [2.45, 2.75) is 31.6 Å². The average molecular weight is 715 g/mol. The van der Waals surface area contributed by atoms with Crippen molar-refractivity contribution in [3.63, 3.8) is 0 Å². The Balaban J connectivity index is 1.25. The van der Waals surface area contributed by atoms with Crippen LogP contribution in [0.3, 0.4) is 0 Å². The zero-order valence-corrected chi connectivity index (χ0v) is 31.8. The normalized spacial score (nSPS) is 16.6. The lowest BCUT2D eigenvalue weighted by Gasteiger charge is -2.40. The van der Waals surface area contributed by atoms with E-state index in [1.807, 2.05) is 0 Å². The van der Waals surface area contributed by atoms with Crippen LogP contribution in [-0.4, -0.2) is 11.8 Å². The first kappa shape index (κ1) is 31.7. The fourth-order valence-corrected chi connectivity index (χ4v) is 10.8. The Hall–Kier alpha value is -6.58. The van der Waals surface area contributed by atoms with Crippen LogP contribution in [0.25, 0.3) is 60.9 Å². The van der Waals surface area contributed by atoms with E-state index >= 15 is 0 Å². The van der Waals surface area contributed by atoms with Crippen LogP contribution in [0, 0.1) is 0 Å². The molecule has 56 heavy (non-hydrogen) atoms. The molecule has 2 nitrogen and oxygen atoms in total. The molecule has 3 heteroatoms. The zero-order chi connectivity index (χ0) is 37.3. The summed E-state index contributed by atoms with van der Waals surface area (Å²) in [7, 11) is 0.869. The van der Waals surface area contributed by atoms with Gasteiger partial charge in [0, 0.05) is 44.1 Å². The molecule has 0 bridgehead atoms. The van der Waals surface area contributed by atoms with Crippen LogP contribution in [0.5, 0.6) is 0 Å².